The number of urea groups is 1. The zero-order valence-electron chi connectivity index (χ0n) is 9.13. The first-order chi connectivity index (χ1) is 6.47. The van der Waals surface area contributed by atoms with Gasteiger partial charge in [0.25, 0.3) is 0 Å². The van der Waals surface area contributed by atoms with Crippen LogP contribution in [0.3, 0.4) is 0 Å². The summed E-state index contributed by atoms with van der Waals surface area (Å²) < 4.78 is 0. The fraction of sp³-hybridized carbons (Fsp3) is 0.700. The topological polar surface area (TPSA) is 44.4 Å². The summed E-state index contributed by atoms with van der Waals surface area (Å²) in [5.74, 6) is 0. The molecule has 0 saturated carbocycles. The van der Waals surface area contributed by atoms with Crippen molar-refractivity contribution in [3.63, 3.8) is 0 Å². The lowest BCUT2D eigenvalue weighted by Gasteiger charge is -2.27. The van der Waals surface area contributed by atoms with Gasteiger partial charge in [-0.05, 0) is 27.2 Å². The Balaban J connectivity index is 2.30. The average Bonchev–Trinajstić information content (AvgIpc) is 2.02. The molecule has 0 aromatic carbocycles. The molecule has 1 aliphatic heterocycles. The second-order valence-electron chi connectivity index (χ2n) is 4.52. The lowest BCUT2D eigenvalue weighted by Crippen LogP contribution is -2.53. The van der Waals surface area contributed by atoms with E-state index in [1.165, 1.54) is 0 Å². The van der Waals surface area contributed by atoms with Crippen LogP contribution in [0.5, 0.6) is 0 Å². The molecule has 0 saturated heterocycles. The molecule has 1 heterocycles. The number of carbonyl (C=O) groups is 1. The van der Waals surface area contributed by atoms with Crippen LogP contribution >= 0.6 is 0 Å². The minimum atomic E-state index is -0.185. The zero-order valence-corrected chi connectivity index (χ0v) is 9.13. The number of amides is 2. The van der Waals surface area contributed by atoms with Gasteiger partial charge in [0, 0.05) is 18.6 Å². The summed E-state index contributed by atoms with van der Waals surface area (Å²) in [4.78, 5) is 11.4. The van der Waals surface area contributed by atoms with E-state index in [2.05, 4.69) is 22.9 Å². The van der Waals surface area contributed by atoms with Crippen molar-refractivity contribution < 1.29 is 4.79 Å². The van der Waals surface area contributed by atoms with Crippen LogP contribution in [0.2, 0.25) is 0 Å². The standard InChI is InChI=1S/C10H19N3O/c1-10(2,3)11-9(14)12-13-7-5-4-6-8-13/h4-5H,6-8H2,1-3H3,(H2,11,12,14). The lowest BCUT2D eigenvalue weighted by molar-refractivity contribution is 0.179. The van der Waals surface area contributed by atoms with Gasteiger partial charge < -0.3 is 5.32 Å². The molecule has 0 spiro atoms. The first-order valence-electron chi connectivity index (χ1n) is 4.96. The zero-order chi connectivity index (χ0) is 10.6. The number of rotatable bonds is 1. The Hall–Kier alpha value is -1.03. The molecular weight excluding hydrogens is 178 g/mol. The van der Waals surface area contributed by atoms with Crippen LogP contribution in [-0.2, 0) is 0 Å². The molecule has 14 heavy (non-hydrogen) atoms. The van der Waals surface area contributed by atoms with Gasteiger partial charge >= 0.3 is 6.03 Å². The second-order valence-corrected chi connectivity index (χ2v) is 4.52. The van der Waals surface area contributed by atoms with E-state index in [-0.39, 0.29) is 11.6 Å². The third-order valence-electron chi connectivity index (χ3n) is 1.81. The van der Waals surface area contributed by atoms with Crippen molar-refractivity contribution in [3.05, 3.63) is 12.2 Å². The summed E-state index contributed by atoms with van der Waals surface area (Å²) >= 11 is 0. The highest BCUT2D eigenvalue weighted by Gasteiger charge is 2.15. The van der Waals surface area contributed by atoms with Gasteiger partial charge in [-0.15, -0.1) is 0 Å². The van der Waals surface area contributed by atoms with E-state index in [0.717, 1.165) is 19.5 Å². The second kappa shape index (κ2) is 4.46. The molecule has 0 aliphatic carbocycles. The highest BCUT2D eigenvalue weighted by atomic mass is 16.2. The average molecular weight is 197 g/mol. The summed E-state index contributed by atoms with van der Waals surface area (Å²) in [5, 5.41) is 4.75. The largest absolute Gasteiger partial charge is 0.332 e. The van der Waals surface area contributed by atoms with E-state index in [4.69, 9.17) is 0 Å². The number of hydrazine groups is 1. The normalized spacial score (nSPS) is 17.9. The number of nitrogens with zero attached hydrogens (tertiary/aromatic N) is 1. The van der Waals surface area contributed by atoms with E-state index in [0.29, 0.717) is 0 Å². The number of hydrogen-bond donors (Lipinski definition) is 2. The first-order valence-corrected chi connectivity index (χ1v) is 4.96. The third kappa shape index (κ3) is 4.28. The smallest absolute Gasteiger partial charge is 0.329 e. The Bertz CT molecular complexity index is 230. The van der Waals surface area contributed by atoms with Gasteiger partial charge in [0.05, 0.1) is 0 Å². The van der Waals surface area contributed by atoms with Crippen LogP contribution in [0.4, 0.5) is 4.79 Å². The molecule has 0 aromatic heterocycles. The molecule has 0 bridgehead atoms. The van der Waals surface area contributed by atoms with Crippen LogP contribution in [0, 0.1) is 0 Å². The summed E-state index contributed by atoms with van der Waals surface area (Å²) in [6.45, 7) is 7.56. The Morgan fingerprint density at radius 3 is 2.57 bits per heavy atom. The predicted octanol–water partition coefficient (Wildman–Crippen LogP) is 1.26. The molecule has 4 heteroatoms. The van der Waals surface area contributed by atoms with Crippen LogP contribution < -0.4 is 10.7 Å². The van der Waals surface area contributed by atoms with E-state index < -0.39 is 0 Å². The molecular formula is C10H19N3O. The lowest BCUT2D eigenvalue weighted by atomic mass is 10.1. The van der Waals surface area contributed by atoms with Gasteiger partial charge in [-0.1, -0.05) is 12.2 Å². The molecule has 4 nitrogen and oxygen atoms in total. The van der Waals surface area contributed by atoms with Gasteiger partial charge in [-0.3, -0.25) is 5.43 Å². The fourth-order valence-corrected chi connectivity index (χ4v) is 1.25. The predicted molar refractivity (Wildman–Crippen MR) is 56.8 cm³/mol. The molecule has 2 amide bonds. The molecule has 0 aromatic rings. The maximum Gasteiger partial charge on any atom is 0.329 e. The molecule has 0 fully saturated rings. The van der Waals surface area contributed by atoms with Crippen LogP contribution in [0.15, 0.2) is 12.2 Å². The number of hydrogen-bond acceptors (Lipinski definition) is 2. The summed E-state index contributed by atoms with van der Waals surface area (Å²) in [6.07, 6.45) is 5.18. The van der Waals surface area contributed by atoms with E-state index in [9.17, 15) is 4.79 Å². The van der Waals surface area contributed by atoms with Gasteiger partial charge in [0.1, 0.15) is 0 Å². The maximum absolute atomic E-state index is 11.4. The Morgan fingerprint density at radius 1 is 1.36 bits per heavy atom. The third-order valence-corrected chi connectivity index (χ3v) is 1.81. The van der Waals surface area contributed by atoms with Crippen molar-refractivity contribution in [1.29, 1.82) is 0 Å². The minimum absolute atomic E-state index is 0.132. The Morgan fingerprint density at radius 2 is 2.07 bits per heavy atom. The molecule has 0 unspecified atom stereocenters. The number of nitrogens with one attached hydrogen (secondary N) is 2. The van der Waals surface area contributed by atoms with Crippen molar-refractivity contribution in [2.45, 2.75) is 32.7 Å². The Labute approximate surface area is 85.3 Å². The van der Waals surface area contributed by atoms with Crippen molar-refractivity contribution in [2.75, 3.05) is 13.1 Å². The van der Waals surface area contributed by atoms with Gasteiger partial charge in [0.2, 0.25) is 0 Å². The SMILES string of the molecule is CC(C)(C)NC(=O)NN1CC=CCC1. The minimum Gasteiger partial charge on any atom is -0.332 e. The van der Waals surface area contributed by atoms with Crippen molar-refractivity contribution in [1.82, 2.24) is 15.8 Å². The summed E-state index contributed by atoms with van der Waals surface area (Å²) in [7, 11) is 0. The molecule has 1 aliphatic rings. The van der Waals surface area contributed by atoms with Crippen LogP contribution in [0.25, 0.3) is 0 Å². The maximum atomic E-state index is 11.4. The Kier molecular flexibility index (Phi) is 3.52. The van der Waals surface area contributed by atoms with Crippen molar-refractivity contribution >= 4 is 6.03 Å². The van der Waals surface area contributed by atoms with Gasteiger partial charge in [0.15, 0.2) is 0 Å². The fourth-order valence-electron chi connectivity index (χ4n) is 1.25. The summed E-state index contributed by atoms with van der Waals surface area (Å²) in [5.41, 5.74) is 2.62. The van der Waals surface area contributed by atoms with Crippen LogP contribution in [0.1, 0.15) is 27.2 Å². The molecule has 1 rings (SSSR count). The van der Waals surface area contributed by atoms with Crippen LogP contribution in [-0.4, -0.2) is 29.7 Å². The molecule has 0 atom stereocenters. The van der Waals surface area contributed by atoms with E-state index in [1.807, 2.05) is 25.8 Å². The first kappa shape index (κ1) is 11.0. The summed E-state index contributed by atoms with van der Waals surface area (Å²) in [6, 6.07) is -0.132. The number of carbonyl (C=O) groups excluding carboxylic acids is 1. The highest BCUT2D eigenvalue weighted by Crippen LogP contribution is 2.00. The monoisotopic (exact) mass is 197 g/mol. The highest BCUT2D eigenvalue weighted by molar-refractivity contribution is 5.74. The van der Waals surface area contributed by atoms with E-state index >= 15 is 0 Å². The molecule has 80 valence electrons. The van der Waals surface area contributed by atoms with Crippen molar-refractivity contribution in [3.8, 4) is 0 Å². The molecule has 2 N–H and O–H groups in total. The quantitative estimate of drug-likeness (QED) is 0.622. The van der Waals surface area contributed by atoms with Gasteiger partial charge in [-0.2, -0.15) is 0 Å². The van der Waals surface area contributed by atoms with E-state index in [1.54, 1.807) is 0 Å². The van der Waals surface area contributed by atoms with Crippen molar-refractivity contribution in [2.24, 2.45) is 0 Å². The van der Waals surface area contributed by atoms with Gasteiger partial charge in [-0.25, -0.2) is 9.80 Å². The molecule has 0 radical (unpaired) electrons.